The Morgan fingerprint density at radius 2 is 2.00 bits per heavy atom. The first-order valence-electron chi connectivity index (χ1n) is 6.27. The summed E-state index contributed by atoms with van der Waals surface area (Å²) < 4.78 is 6.65. The first-order valence-corrected chi connectivity index (χ1v) is 7.07. The number of rotatable bonds is 2. The van der Waals surface area contributed by atoms with Crippen molar-refractivity contribution in [2.45, 2.75) is 12.8 Å². The van der Waals surface area contributed by atoms with Crippen molar-refractivity contribution in [1.82, 2.24) is 0 Å². The predicted octanol–water partition coefficient (Wildman–Crippen LogP) is 3.71. The SMILES string of the molecule is Nc1ccc(Oc2ccc3c(c2)CCC(=O)N3)c(Br)c1. The van der Waals surface area contributed by atoms with Crippen molar-refractivity contribution in [3.05, 3.63) is 46.4 Å². The summed E-state index contributed by atoms with van der Waals surface area (Å²) in [7, 11) is 0. The Morgan fingerprint density at radius 1 is 1.15 bits per heavy atom. The standard InChI is InChI=1S/C15H13BrN2O2/c16-12-8-10(17)2-5-14(12)20-11-3-4-13-9(7-11)1-6-15(19)18-13/h2-5,7-8H,1,6,17H2,(H,18,19). The summed E-state index contributed by atoms with van der Waals surface area (Å²) in [5, 5.41) is 2.85. The molecule has 20 heavy (non-hydrogen) atoms. The van der Waals surface area contributed by atoms with E-state index in [1.807, 2.05) is 24.3 Å². The van der Waals surface area contributed by atoms with E-state index in [2.05, 4.69) is 21.2 Å². The fourth-order valence-corrected chi connectivity index (χ4v) is 2.63. The van der Waals surface area contributed by atoms with Crippen molar-refractivity contribution in [2.75, 3.05) is 11.1 Å². The lowest BCUT2D eigenvalue weighted by molar-refractivity contribution is -0.116. The molecule has 2 aromatic rings. The number of benzene rings is 2. The Labute approximate surface area is 125 Å². The molecule has 102 valence electrons. The van der Waals surface area contributed by atoms with E-state index >= 15 is 0 Å². The maximum Gasteiger partial charge on any atom is 0.224 e. The highest BCUT2D eigenvalue weighted by atomic mass is 79.9. The molecule has 1 amide bonds. The third kappa shape index (κ3) is 2.63. The second-order valence-electron chi connectivity index (χ2n) is 4.66. The molecule has 0 aliphatic carbocycles. The van der Waals surface area contributed by atoms with Crippen molar-refractivity contribution in [3.8, 4) is 11.5 Å². The zero-order valence-electron chi connectivity index (χ0n) is 10.7. The minimum atomic E-state index is 0.0625. The van der Waals surface area contributed by atoms with Crippen LogP contribution in [0.3, 0.4) is 0 Å². The Morgan fingerprint density at radius 3 is 2.80 bits per heavy atom. The molecule has 3 N–H and O–H groups in total. The van der Waals surface area contributed by atoms with Crippen LogP contribution < -0.4 is 15.8 Å². The molecule has 0 radical (unpaired) electrons. The van der Waals surface area contributed by atoms with Gasteiger partial charge in [0.1, 0.15) is 11.5 Å². The second-order valence-corrected chi connectivity index (χ2v) is 5.51. The lowest BCUT2D eigenvalue weighted by Crippen LogP contribution is -2.18. The molecule has 0 fully saturated rings. The van der Waals surface area contributed by atoms with E-state index in [9.17, 15) is 4.79 Å². The summed E-state index contributed by atoms with van der Waals surface area (Å²) in [5.74, 6) is 1.51. The van der Waals surface area contributed by atoms with Crippen LogP contribution >= 0.6 is 15.9 Å². The van der Waals surface area contributed by atoms with Crippen LogP contribution in [0.5, 0.6) is 11.5 Å². The van der Waals surface area contributed by atoms with Gasteiger partial charge < -0.3 is 15.8 Å². The molecule has 1 aliphatic rings. The number of ether oxygens (including phenoxy) is 1. The van der Waals surface area contributed by atoms with Crippen LogP contribution in [0.1, 0.15) is 12.0 Å². The summed E-state index contributed by atoms with van der Waals surface area (Å²) in [6, 6.07) is 11.1. The number of nitrogens with two attached hydrogens (primary N) is 1. The zero-order valence-corrected chi connectivity index (χ0v) is 12.2. The van der Waals surface area contributed by atoms with Gasteiger partial charge in [0, 0.05) is 17.8 Å². The Bertz CT molecular complexity index is 686. The predicted molar refractivity (Wildman–Crippen MR) is 82.0 cm³/mol. The number of carbonyl (C=O) groups is 1. The van der Waals surface area contributed by atoms with Crippen LogP contribution in [0.4, 0.5) is 11.4 Å². The lowest BCUT2D eigenvalue weighted by atomic mass is 10.0. The molecular weight excluding hydrogens is 320 g/mol. The van der Waals surface area contributed by atoms with Crippen molar-refractivity contribution in [3.63, 3.8) is 0 Å². The minimum absolute atomic E-state index is 0.0625. The molecule has 0 saturated carbocycles. The van der Waals surface area contributed by atoms with Gasteiger partial charge >= 0.3 is 0 Å². The van der Waals surface area contributed by atoms with E-state index in [0.717, 1.165) is 27.9 Å². The number of nitrogens with one attached hydrogen (secondary N) is 1. The van der Waals surface area contributed by atoms with Gasteiger partial charge in [-0.15, -0.1) is 0 Å². The molecule has 0 unspecified atom stereocenters. The van der Waals surface area contributed by atoms with Gasteiger partial charge in [0.05, 0.1) is 4.47 Å². The van der Waals surface area contributed by atoms with Gasteiger partial charge in [-0.2, -0.15) is 0 Å². The molecular formula is C15H13BrN2O2. The summed E-state index contributed by atoms with van der Waals surface area (Å²) in [4.78, 5) is 11.3. The topological polar surface area (TPSA) is 64.3 Å². The fourth-order valence-electron chi connectivity index (χ4n) is 2.15. The molecule has 0 saturated heterocycles. The molecule has 4 nitrogen and oxygen atoms in total. The summed E-state index contributed by atoms with van der Waals surface area (Å²) >= 11 is 3.43. The number of carbonyl (C=O) groups excluding carboxylic acids is 1. The van der Waals surface area contributed by atoms with Crippen LogP contribution in [-0.2, 0) is 11.2 Å². The molecule has 3 rings (SSSR count). The molecule has 1 aliphatic heterocycles. The molecule has 0 bridgehead atoms. The first-order chi connectivity index (χ1) is 9.61. The summed E-state index contributed by atoms with van der Waals surface area (Å²) in [6.07, 6.45) is 1.25. The summed E-state index contributed by atoms with van der Waals surface area (Å²) in [6.45, 7) is 0. The number of amides is 1. The van der Waals surface area contributed by atoms with Crippen molar-refractivity contribution < 1.29 is 9.53 Å². The Balaban J connectivity index is 1.86. The molecule has 0 spiro atoms. The van der Waals surface area contributed by atoms with Gasteiger partial charge in [-0.1, -0.05) is 0 Å². The average molecular weight is 333 g/mol. The van der Waals surface area contributed by atoms with E-state index in [4.69, 9.17) is 10.5 Å². The van der Waals surface area contributed by atoms with Crippen LogP contribution in [0.15, 0.2) is 40.9 Å². The Hall–Kier alpha value is -2.01. The minimum Gasteiger partial charge on any atom is -0.456 e. The number of hydrogen-bond donors (Lipinski definition) is 2. The molecule has 2 aromatic carbocycles. The van der Waals surface area contributed by atoms with Gasteiger partial charge in [0.15, 0.2) is 0 Å². The number of halogens is 1. The Kier molecular flexibility index (Phi) is 3.36. The van der Waals surface area contributed by atoms with Gasteiger partial charge in [-0.05, 0) is 64.3 Å². The van der Waals surface area contributed by atoms with Gasteiger partial charge in [-0.25, -0.2) is 0 Å². The normalized spacial score (nSPS) is 13.6. The smallest absolute Gasteiger partial charge is 0.224 e. The van der Waals surface area contributed by atoms with Crippen LogP contribution in [-0.4, -0.2) is 5.91 Å². The van der Waals surface area contributed by atoms with Crippen LogP contribution in [0, 0.1) is 0 Å². The van der Waals surface area contributed by atoms with Gasteiger partial charge in [0.25, 0.3) is 0 Å². The monoisotopic (exact) mass is 332 g/mol. The van der Waals surface area contributed by atoms with E-state index in [-0.39, 0.29) is 5.91 Å². The highest BCUT2D eigenvalue weighted by Crippen LogP contribution is 2.33. The van der Waals surface area contributed by atoms with E-state index in [1.54, 1.807) is 12.1 Å². The van der Waals surface area contributed by atoms with E-state index < -0.39 is 0 Å². The first kappa shape index (κ1) is 13.0. The van der Waals surface area contributed by atoms with E-state index in [1.165, 1.54) is 0 Å². The van der Waals surface area contributed by atoms with Crippen LogP contribution in [0.2, 0.25) is 0 Å². The number of anilines is 2. The highest BCUT2D eigenvalue weighted by molar-refractivity contribution is 9.10. The maximum absolute atomic E-state index is 11.3. The average Bonchev–Trinajstić information content (AvgIpc) is 2.42. The number of nitrogen functional groups attached to an aromatic ring is 1. The van der Waals surface area contributed by atoms with Gasteiger partial charge in [0.2, 0.25) is 5.91 Å². The molecule has 0 atom stereocenters. The lowest BCUT2D eigenvalue weighted by Gasteiger charge is -2.18. The van der Waals surface area contributed by atoms with Crippen molar-refractivity contribution in [1.29, 1.82) is 0 Å². The summed E-state index contributed by atoms with van der Waals surface area (Å²) in [5.41, 5.74) is 8.33. The zero-order chi connectivity index (χ0) is 14.1. The number of hydrogen-bond acceptors (Lipinski definition) is 3. The van der Waals surface area contributed by atoms with Crippen LogP contribution in [0.25, 0.3) is 0 Å². The number of fused-ring (bicyclic) bond motifs is 1. The largest absolute Gasteiger partial charge is 0.456 e. The van der Waals surface area contributed by atoms with Crippen molar-refractivity contribution >= 4 is 33.2 Å². The highest BCUT2D eigenvalue weighted by Gasteiger charge is 2.15. The maximum atomic E-state index is 11.3. The molecule has 1 heterocycles. The second kappa shape index (κ2) is 5.17. The number of aryl methyl sites for hydroxylation is 1. The van der Waals surface area contributed by atoms with Gasteiger partial charge in [-0.3, -0.25) is 4.79 Å². The quantitative estimate of drug-likeness (QED) is 0.824. The van der Waals surface area contributed by atoms with Crippen molar-refractivity contribution in [2.24, 2.45) is 0 Å². The molecule has 0 aromatic heterocycles. The molecule has 5 heteroatoms. The fraction of sp³-hybridized carbons (Fsp3) is 0.133. The third-order valence-electron chi connectivity index (χ3n) is 3.16. The third-order valence-corrected chi connectivity index (χ3v) is 3.78. The van der Waals surface area contributed by atoms with E-state index in [0.29, 0.717) is 17.9 Å².